The minimum Gasteiger partial charge on any atom is -0.392 e. The van der Waals surface area contributed by atoms with E-state index in [1.165, 1.54) is 6.08 Å². The molecule has 4 heteroatoms. The number of fused-ring (bicyclic) bond motifs is 1. The van der Waals surface area contributed by atoms with Crippen LogP contribution in [-0.4, -0.2) is 29.3 Å². The number of aliphatic hydroxyl groups is 1. The average molecular weight is 231 g/mol. The Morgan fingerprint density at radius 1 is 1.24 bits per heavy atom. The van der Waals surface area contributed by atoms with Gasteiger partial charge in [0.15, 0.2) is 5.78 Å². The molecular formula is C13H13NO3. The van der Waals surface area contributed by atoms with E-state index in [0.717, 1.165) is 0 Å². The Kier molecular flexibility index (Phi) is 3.06. The van der Waals surface area contributed by atoms with Crippen LogP contribution in [0.4, 0.5) is 0 Å². The number of allylic oxidation sites excluding steroid dienone is 2. The average Bonchev–Trinajstić information content (AvgIpc) is 2.32. The summed E-state index contributed by atoms with van der Waals surface area (Å²) in [5.74, 6) is -0.394. The molecule has 0 aliphatic heterocycles. The predicted molar refractivity (Wildman–Crippen MR) is 62.9 cm³/mol. The number of aliphatic hydroxyl groups excluding tert-OH is 1. The zero-order valence-corrected chi connectivity index (χ0v) is 9.43. The van der Waals surface area contributed by atoms with Gasteiger partial charge in [-0.15, -0.1) is 0 Å². The molecular weight excluding hydrogens is 218 g/mol. The first-order valence-electron chi connectivity index (χ1n) is 5.41. The third-order valence-electron chi connectivity index (χ3n) is 2.55. The van der Waals surface area contributed by atoms with E-state index in [2.05, 4.69) is 5.32 Å². The lowest BCUT2D eigenvalue weighted by Gasteiger charge is -2.17. The van der Waals surface area contributed by atoms with Gasteiger partial charge in [0.2, 0.25) is 5.78 Å². The van der Waals surface area contributed by atoms with Crippen LogP contribution in [0.15, 0.2) is 36.0 Å². The van der Waals surface area contributed by atoms with E-state index in [9.17, 15) is 9.59 Å². The number of carbonyl (C=O) groups is 2. The minimum atomic E-state index is -0.573. The molecule has 1 aromatic rings. The highest BCUT2D eigenvalue weighted by atomic mass is 16.3. The second-order valence-electron chi connectivity index (χ2n) is 4.03. The largest absolute Gasteiger partial charge is 0.392 e. The fourth-order valence-electron chi connectivity index (χ4n) is 1.70. The van der Waals surface area contributed by atoms with Gasteiger partial charge in [-0.1, -0.05) is 24.3 Å². The molecule has 2 N–H and O–H groups in total. The second-order valence-corrected chi connectivity index (χ2v) is 4.03. The zero-order valence-electron chi connectivity index (χ0n) is 9.43. The molecule has 1 aliphatic rings. The predicted octanol–water partition coefficient (Wildman–Crippen LogP) is 0.920. The first-order valence-corrected chi connectivity index (χ1v) is 5.41. The molecule has 1 aliphatic carbocycles. The normalized spacial score (nSPS) is 16.2. The van der Waals surface area contributed by atoms with Crippen LogP contribution in [0.5, 0.6) is 0 Å². The third-order valence-corrected chi connectivity index (χ3v) is 2.55. The molecule has 0 spiro atoms. The summed E-state index contributed by atoms with van der Waals surface area (Å²) in [4.78, 5) is 23.8. The van der Waals surface area contributed by atoms with Crippen LogP contribution in [0.25, 0.3) is 0 Å². The Balaban J connectivity index is 2.29. The van der Waals surface area contributed by atoms with E-state index in [0.29, 0.717) is 11.1 Å². The highest BCUT2D eigenvalue weighted by Crippen LogP contribution is 2.19. The van der Waals surface area contributed by atoms with Crippen molar-refractivity contribution < 1.29 is 14.7 Å². The lowest BCUT2D eigenvalue weighted by atomic mass is 9.93. The van der Waals surface area contributed by atoms with Gasteiger partial charge in [-0.25, -0.2) is 0 Å². The van der Waals surface area contributed by atoms with E-state index >= 15 is 0 Å². The maximum Gasteiger partial charge on any atom is 0.209 e. The zero-order chi connectivity index (χ0) is 12.4. The first-order chi connectivity index (χ1) is 8.09. The van der Waals surface area contributed by atoms with E-state index < -0.39 is 6.10 Å². The monoisotopic (exact) mass is 231 g/mol. The number of rotatable bonds is 3. The molecule has 0 saturated carbocycles. The molecule has 4 nitrogen and oxygen atoms in total. The van der Waals surface area contributed by atoms with Crippen LogP contribution in [0.3, 0.4) is 0 Å². The molecule has 0 radical (unpaired) electrons. The summed E-state index contributed by atoms with van der Waals surface area (Å²) in [6, 6.07) is 6.72. The molecule has 1 aromatic carbocycles. The van der Waals surface area contributed by atoms with Gasteiger partial charge in [0.25, 0.3) is 0 Å². The summed E-state index contributed by atoms with van der Waals surface area (Å²) >= 11 is 0. The van der Waals surface area contributed by atoms with Crippen molar-refractivity contribution in [3.63, 3.8) is 0 Å². The van der Waals surface area contributed by atoms with E-state index in [-0.39, 0.29) is 23.8 Å². The van der Waals surface area contributed by atoms with E-state index in [1.54, 1.807) is 31.2 Å². The molecule has 0 saturated heterocycles. The number of benzene rings is 1. The number of carbonyl (C=O) groups excluding carboxylic acids is 2. The smallest absolute Gasteiger partial charge is 0.209 e. The second kappa shape index (κ2) is 4.51. The highest BCUT2D eigenvalue weighted by molar-refractivity contribution is 6.24. The van der Waals surface area contributed by atoms with Gasteiger partial charge < -0.3 is 10.4 Å². The quantitative estimate of drug-likeness (QED) is 0.811. The number of hydrogen-bond donors (Lipinski definition) is 2. The Morgan fingerprint density at radius 3 is 2.53 bits per heavy atom. The maximum atomic E-state index is 12.0. The van der Waals surface area contributed by atoms with Crippen LogP contribution in [0.2, 0.25) is 0 Å². The van der Waals surface area contributed by atoms with Gasteiger partial charge in [0.05, 0.1) is 11.8 Å². The fraction of sp³-hybridized carbons (Fsp3) is 0.231. The van der Waals surface area contributed by atoms with Gasteiger partial charge >= 0.3 is 0 Å². The van der Waals surface area contributed by atoms with Crippen molar-refractivity contribution in [1.82, 2.24) is 5.32 Å². The number of hydrogen-bond acceptors (Lipinski definition) is 4. The van der Waals surface area contributed by atoms with Gasteiger partial charge in [-0.3, -0.25) is 9.59 Å². The molecule has 0 heterocycles. The number of ketones is 2. The lowest BCUT2D eigenvalue weighted by molar-refractivity contribution is 0.0975. The van der Waals surface area contributed by atoms with Gasteiger partial charge in [-0.2, -0.15) is 0 Å². The summed E-state index contributed by atoms with van der Waals surface area (Å²) in [6.07, 6.45) is 0.712. The molecule has 0 unspecified atom stereocenters. The summed E-state index contributed by atoms with van der Waals surface area (Å²) in [7, 11) is 0. The Bertz CT molecular complexity index is 503. The lowest BCUT2D eigenvalue weighted by Crippen LogP contribution is -2.31. The van der Waals surface area contributed by atoms with Crippen LogP contribution in [-0.2, 0) is 0 Å². The molecule has 0 aromatic heterocycles. The van der Waals surface area contributed by atoms with Crippen LogP contribution in [0.1, 0.15) is 27.6 Å². The topological polar surface area (TPSA) is 66.4 Å². The molecule has 0 fully saturated rings. The molecule has 1 atom stereocenters. The SMILES string of the molecule is C[C@H](O)CNC1=CC(=O)c2ccccc2C1=O. The van der Waals surface area contributed by atoms with E-state index in [1.807, 2.05) is 0 Å². The van der Waals surface area contributed by atoms with Crippen molar-refractivity contribution in [3.8, 4) is 0 Å². The van der Waals surface area contributed by atoms with Crippen molar-refractivity contribution in [1.29, 1.82) is 0 Å². The summed E-state index contributed by atoms with van der Waals surface area (Å²) in [5.41, 5.74) is 1.09. The van der Waals surface area contributed by atoms with Gasteiger partial charge in [0.1, 0.15) is 0 Å². The minimum absolute atomic E-state index is 0.187. The molecule has 0 amide bonds. The van der Waals surface area contributed by atoms with Gasteiger partial charge in [0, 0.05) is 23.7 Å². The summed E-state index contributed by atoms with van der Waals surface area (Å²) in [5, 5.41) is 11.9. The Hall–Kier alpha value is -1.94. The Labute approximate surface area is 99.0 Å². The van der Waals surface area contributed by atoms with Crippen molar-refractivity contribution in [3.05, 3.63) is 47.2 Å². The van der Waals surface area contributed by atoms with Crippen LogP contribution >= 0.6 is 0 Å². The van der Waals surface area contributed by atoms with Crippen molar-refractivity contribution in [2.45, 2.75) is 13.0 Å². The van der Waals surface area contributed by atoms with Crippen LogP contribution < -0.4 is 5.32 Å². The van der Waals surface area contributed by atoms with Gasteiger partial charge in [-0.05, 0) is 6.92 Å². The fourth-order valence-corrected chi connectivity index (χ4v) is 1.70. The molecule has 2 rings (SSSR count). The summed E-state index contributed by atoms with van der Waals surface area (Å²) < 4.78 is 0. The maximum absolute atomic E-state index is 12.0. The number of nitrogens with one attached hydrogen (secondary N) is 1. The Morgan fingerprint density at radius 2 is 1.88 bits per heavy atom. The number of Topliss-reactive ketones (excluding diaryl/α,β-unsaturated/α-hetero) is 1. The summed E-state index contributed by atoms with van der Waals surface area (Å²) in [6.45, 7) is 1.85. The molecule has 0 bridgehead atoms. The molecule has 88 valence electrons. The van der Waals surface area contributed by atoms with Crippen molar-refractivity contribution >= 4 is 11.6 Å². The third kappa shape index (κ3) is 2.26. The van der Waals surface area contributed by atoms with E-state index in [4.69, 9.17) is 5.11 Å². The standard InChI is InChI=1S/C13H13NO3/c1-8(15)7-14-11-6-12(16)9-4-2-3-5-10(9)13(11)17/h2-6,8,14-15H,7H2,1H3/t8-/m0/s1. The van der Waals surface area contributed by atoms with Crippen molar-refractivity contribution in [2.75, 3.05) is 6.54 Å². The molecule has 17 heavy (non-hydrogen) atoms. The van der Waals surface area contributed by atoms with Crippen LogP contribution in [0, 0.1) is 0 Å². The van der Waals surface area contributed by atoms with Crippen molar-refractivity contribution in [2.24, 2.45) is 0 Å². The first kappa shape index (κ1) is 11.5. The highest BCUT2D eigenvalue weighted by Gasteiger charge is 2.24.